The van der Waals surface area contributed by atoms with Gasteiger partial charge in [0, 0.05) is 32.8 Å². The summed E-state index contributed by atoms with van der Waals surface area (Å²) in [6, 6.07) is 16.6. The summed E-state index contributed by atoms with van der Waals surface area (Å²) >= 11 is 0. The van der Waals surface area contributed by atoms with Crippen molar-refractivity contribution < 1.29 is 9.59 Å². The van der Waals surface area contributed by atoms with Crippen LogP contribution < -0.4 is 16.4 Å². The highest BCUT2D eigenvalue weighted by Crippen LogP contribution is 2.20. The number of anilines is 1. The summed E-state index contributed by atoms with van der Waals surface area (Å²) in [6.07, 6.45) is 3.92. The van der Waals surface area contributed by atoms with E-state index >= 15 is 0 Å². The van der Waals surface area contributed by atoms with Crippen molar-refractivity contribution >= 4 is 28.5 Å². The fraction of sp³-hybridized carbons (Fsp3) is 0.320. The van der Waals surface area contributed by atoms with Crippen LogP contribution in [0.15, 0.2) is 60.8 Å². The highest BCUT2D eigenvalue weighted by atomic mass is 16.2. The second kappa shape index (κ2) is 11.1. The van der Waals surface area contributed by atoms with Gasteiger partial charge in [-0.05, 0) is 34.4 Å². The number of carbonyl (C=O) groups excluding carboxylic acids is 2. The molecule has 4 N–H and O–H groups in total. The van der Waals surface area contributed by atoms with Gasteiger partial charge in [-0.2, -0.15) is 0 Å². The number of pyridine rings is 1. The molecule has 0 aliphatic rings. The number of fused-ring (bicyclic) bond motifs is 1. The van der Waals surface area contributed by atoms with E-state index < -0.39 is 6.04 Å². The number of hydrogen-bond donors (Lipinski definition) is 3. The number of hydrogen-bond acceptors (Lipinski definition) is 4. The topological polar surface area (TPSA) is 100 Å². The molecule has 0 unspecified atom stereocenters. The zero-order valence-electron chi connectivity index (χ0n) is 18.7. The fourth-order valence-corrected chi connectivity index (χ4v) is 3.51. The van der Waals surface area contributed by atoms with Crippen molar-refractivity contribution in [3.8, 4) is 0 Å². The van der Waals surface area contributed by atoms with Crippen molar-refractivity contribution in [3.05, 3.63) is 71.9 Å². The lowest BCUT2D eigenvalue weighted by molar-refractivity contribution is -0.123. The predicted octanol–water partition coefficient (Wildman–Crippen LogP) is 3.49. The summed E-state index contributed by atoms with van der Waals surface area (Å²) in [6.45, 7) is 3.02. The number of urea groups is 1. The van der Waals surface area contributed by atoms with Gasteiger partial charge in [0.15, 0.2) is 0 Å². The molecule has 7 heteroatoms. The Hall–Kier alpha value is -3.61. The Bertz CT molecular complexity index is 1050. The third-order valence-electron chi connectivity index (χ3n) is 5.43. The minimum atomic E-state index is -0.709. The van der Waals surface area contributed by atoms with E-state index in [-0.39, 0.29) is 11.9 Å². The molecule has 0 aliphatic heterocycles. The van der Waals surface area contributed by atoms with Crippen molar-refractivity contribution in [3.63, 3.8) is 0 Å². The van der Waals surface area contributed by atoms with E-state index in [1.54, 1.807) is 24.2 Å². The summed E-state index contributed by atoms with van der Waals surface area (Å²) in [5.41, 5.74) is 7.47. The standard InChI is InChI=1S/C25H31N5O2/c1-3-4-14-30(2)25(32)29-22(24(31)28-17-18-12-13-23(26)27-16-18)15-20-10-7-9-19-8-5-6-11-21(19)20/h5-13,16,22H,3-4,14-15,17H2,1-2H3,(H2,26,27)(H,28,31)(H,29,32)/t22-/m0/s1. The van der Waals surface area contributed by atoms with Crippen LogP contribution in [0.3, 0.4) is 0 Å². The Balaban J connectivity index is 1.77. The van der Waals surface area contributed by atoms with E-state index in [9.17, 15) is 9.59 Å². The zero-order valence-corrected chi connectivity index (χ0v) is 18.7. The quantitative estimate of drug-likeness (QED) is 0.481. The lowest BCUT2D eigenvalue weighted by Gasteiger charge is -2.24. The Morgan fingerprint density at radius 1 is 1.09 bits per heavy atom. The van der Waals surface area contributed by atoms with Crippen molar-refractivity contribution in [1.82, 2.24) is 20.5 Å². The van der Waals surface area contributed by atoms with Gasteiger partial charge in [-0.15, -0.1) is 0 Å². The van der Waals surface area contributed by atoms with Gasteiger partial charge in [-0.3, -0.25) is 4.79 Å². The molecule has 168 valence electrons. The molecule has 32 heavy (non-hydrogen) atoms. The van der Waals surface area contributed by atoms with Crippen LogP contribution in [0.1, 0.15) is 30.9 Å². The Labute approximate surface area is 189 Å². The van der Waals surface area contributed by atoms with Gasteiger partial charge in [0.05, 0.1) is 0 Å². The van der Waals surface area contributed by atoms with E-state index in [2.05, 4.69) is 22.5 Å². The first-order chi connectivity index (χ1) is 15.5. The monoisotopic (exact) mass is 433 g/mol. The van der Waals surface area contributed by atoms with Crippen LogP contribution in [0.4, 0.5) is 10.6 Å². The van der Waals surface area contributed by atoms with Crippen LogP contribution in [0.2, 0.25) is 0 Å². The summed E-state index contributed by atoms with van der Waals surface area (Å²) in [4.78, 5) is 31.5. The Morgan fingerprint density at radius 3 is 2.62 bits per heavy atom. The van der Waals surface area contributed by atoms with Crippen molar-refractivity contribution in [1.29, 1.82) is 0 Å². The SMILES string of the molecule is CCCCN(C)C(=O)N[C@@H](Cc1cccc2ccccc12)C(=O)NCc1ccc(N)nc1. The van der Waals surface area contributed by atoms with Crippen molar-refractivity contribution in [2.24, 2.45) is 0 Å². The third-order valence-corrected chi connectivity index (χ3v) is 5.43. The number of rotatable bonds is 9. The molecule has 0 spiro atoms. The number of unbranched alkanes of at least 4 members (excludes halogenated alkanes) is 1. The van der Waals surface area contributed by atoms with Crippen molar-refractivity contribution in [2.75, 3.05) is 19.3 Å². The third kappa shape index (κ3) is 6.20. The van der Waals surface area contributed by atoms with Gasteiger partial charge >= 0.3 is 6.03 Å². The Morgan fingerprint density at radius 2 is 1.88 bits per heavy atom. The van der Waals surface area contributed by atoms with Crippen molar-refractivity contribution in [2.45, 2.75) is 38.8 Å². The van der Waals surface area contributed by atoms with Gasteiger partial charge in [0.25, 0.3) is 0 Å². The highest BCUT2D eigenvalue weighted by Gasteiger charge is 2.23. The maximum Gasteiger partial charge on any atom is 0.317 e. The summed E-state index contributed by atoms with van der Waals surface area (Å²) in [7, 11) is 1.75. The van der Waals surface area contributed by atoms with Gasteiger partial charge in [-0.25, -0.2) is 9.78 Å². The van der Waals surface area contributed by atoms with Gasteiger partial charge in [0.1, 0.15) is 11.9 Å². The molecule has 1 aromatic heterocycles. The Kier molecular flexibility index (Phi) is 8.02. The van der Waals surface area contributed by atoms with E-state index in [0.717, 1.165) is 34.7 Å². The largest absolute Gasteiger partial charge is 0.384 e. The molecule has 0 aliphatic carbocycles. The predicted molar refractivity (Wildman–Crippen MR) is 128 cm³/mol. The minimum Gasteiger partial charge on any atom is -0.384 e. The number of benzene rings is 2. The molecule has 7 nitrogen and oxygen atoms in total. The van der Waals surface area contributed by atoms with E-state index in [0.29, 0.717) is 25.3 Å². The van der Waals surface area contributed by atoms with E-state index in [4.69, 9.17) is 5.73 Å². The summed E-state index contributed by atoms with van der Waals surface area (Å²) in [5, 5.41) is 8.02. The normalized spacial score (nSPS) is 11.7. The van der Waals surface area contributed by atoms with Gasteiger partial charge < -0.3 is 21.3 Å². The van der Waals surface area contributed by atoms with Gasteiger partial charge in [-0.1, -0.05) is 61.9 Å². The molecular weight excluding hydrogens is 402 g/mol. The van der Waals surface area contributed by atoms with Crippen LogP contribution in [-0.4, -0.2) is 41.5 Å². The second-order valence-corrected chi connectivity index (χ2v) is 7.93. The smallest absolute Gasteiger partial charge is 0.317 e. The molecule has 3 aromatic rings. The fourth-order valence-electron chi connectivity index (χ4n) is 3.51. The highest BCUT2D eigenvalue weighted by molar-refractivity contribution is 5.89. The molecule has 3 rings (SSSR count). The lowest BCUT2D eigenvalue weighted by atomic mass is 9.98. The molecule has 1 atom stereocenters. The molecule has 0 saturated carbocycles. The minimum absolute atomic E-state index is 0.244. The maximum absolute atomic E-state index is 13.1. The van der Waals surface area contributed by atoms with E-state index in [1.165, 1.54) is 0 Å². The molecule has 0 saturated heterocycles. The number of nitrogens with one attached hydrogen (secondary N) is 2. The average molecular weight is 434 g/mol. The number of nitrogens with two attached hydrogens (primary N) is 1. The second-order valence-electron chi connectivity index (χ2n) is 7.93. The molecule has 1 heterocycles. The number of nitrogens with zero attached hydrogens (tertiary/aromatic N) is 2. The molecule has 0 fully saturated rings. The zero-order chi connectivity index (χ0) is 22.9. The number of aromatic nitrogens is 1. The van der Waals surface area contributed by atoms with Gasteiger partial charge in [0.2, 0.25) is 5.91 Å². The molecule has 2 aromatic carbocycles. The first-order valence-electron chi connectivity index (χ1n) is 10.9. The number of nitrogen functional groups attached to an aromatic ring is 1. The first-order valence-corrected chi connectivity index (χ1v) is 10.9. The van der Waals surface area contributed by atoms with Crippen LogP contribution in [0, 0.1) is 0 Å². The van der Waals surface area contributed by atoms with Crippen LogP contribution in [0.25, 0.3) is 10.8 Å². The van der Waals surface area contributed by atoms with Crippen LogP contribution in [-0.2, 0) is 17.8 Å². The molecule has 0 radical (unpaired) electrons. The molecular formula is C25H31N5O2. The molecule has 3 amide bonds. The average Bonchev–Trinajstić information content (AvgIpc) is 2.81. The van der Waals surface area contributed by atoms with E-state index in [1.807, 2.05) is 48.5 Å². The first kappa shape index (κ1) is 23.1. The maximum atomic E-state index is 13.1. The number of carbonyl (C=O) groups is 2. The number of amides is 3. The molecule has 0 bridgehead atoms. The van der Waals surface area contributed by atoms with Crippen LogP contribution in [0.5, 0.6) is 0 Å². The van der Waals surface area contributed by atoms with Crippen LogP contribution >= 0.6 is 0 Å². The lowest BCUT2D eigenvalue weighted by Crippen LogP contribution is -2.51. The summed E-state index contributed by atoms with van der Waals surface area (Å²) in [5.74, 6) is 0.184. The summed E-state index contributed by atoms with van der Waals surface area (Å²) < 4.78 is 0.